The molecule has 0 fully saturated rings. The largest absolute Gasteiger partial charge is 0.421 e. The quantitative estimate of drug-likeness (QED) is 0.485. The first-order valence-corrected chi connectivity index (χ1v) is 8.22. The van der Waals surface area contributed by atoms with Crippen LogP contribution in [0.3, 0.4) is 0 Å². The van der Waals surface area contributed by atoms with Gasteiger partial charge in [0.15, 0.2) is 0 Å². The normalized spacial score (nSPS) is 11.2. The first-order chi connectivity index (χ1) is 13.5. The van der Waals surface area contributed by atoms with E-state index in [1.807, 2.05) is 13.8 Å². The molecule has 0 saturated carbocycles. The van der Waals surface area contributed by atoms with Crippen molar-refractivity contribution in [3.05, 3.63) is 59.3 Å². The van der Waals surface area contributed by atoms with E-state index in [1.165, 1.54) is 12.1 Å². The van der Waals surface area contributed by atoms with Crippen LogP contribution in [0.1, 0.15) is 16.8 Å². The van der Waals surface area contributed by atoms with E-state index in [-0.39, 0.29) is 0 Å². The van der Waals surface area contributed by atoms with Crippen LogP contribution in [0, 0.1) is 13.8 Å². The van der Waals surface area contributed by atoms with Gasteiger partial charge in [-0.25, -0.2) is 9.67 Å². The molecular formula is C19H17F6N3O. The molecule has 0 unspecified atom stereocenters. The highest BCUT2D eigenvalue weighted by Gasteiger charge is 2.30. The molecule has 29 heavy (non-hydrogen) atoms. The fraction of sp³-hybridized carbons (Fsp3) is 0.263. The number of aromatic nitrogens is 3. The Kier molecular flexibility index (Phi) is 6.89. The summed E-state index contributed by atoms with van der Waals surface area (Å²) in [6.07, 6.45) is -4.36. The minimum atomic E-state index is -4.36. The summed E-state index contributed by atoms with van der Waals surface area (Å²) in [5.41, 5.74) is 2.14. The molecule has 0 radical (unpaired) electrons. The molecule has 3 rings (SSSR count). The monoisotopic (exact) mass is 417 g/mol. The Balaban J connectivity index is 0.000000687. The number of aryl methyl sites for hydroxylation is 3. The SMILES string of the molecule is Cc1cc(Oc2cc(C)nn2C)nc(-c2ccc(C(F)(F)F)cc2)c1.FC(F)F. The number of nitrogens with zero attached hydrogens (tertiary/aromatic N) is 3. The molecule has 4 nitrogen and oxygen atoms in total. The molecule has 0 bridgehead atoms. The second kappa shape index (κ2) is 8.97. The zero-order valence-corrected chi connectivity index (χ0v) is 15.6. The van der Waals surface area contributed by atoms with Crippen LogP contribution in [0.15, 0.2) is 42.5 Å². The smallest absolute Gasteiger partial charge is 0.416 e. The van der Waals surface area contributed by atoms with Crippen molar-refractivity contribution in [1.29, 1.82) is 0 Å². The third-order valence-electron chi connectivity index (χ3n) is 3.62. The van der Waals surface area contributed by atoms with Gasteiger partial charge in [0.1, 0.15) is 0 Å². The van der Waals surface area contributed by atoms with Crippen molar-refractivity contribution in [1.82, 2.24) is 14.8 Å². The molecule has 0 aliphatic heterocycles. The third-order valence-corrected chi connectivity index (χ3v) is 3.62. The van der Waals surface area contributed by atoms with Gasteiger partial charge in [0.2, 0.25) is 11.8 Å². The highest BCUT2D eigenvalue weighted by atomic mass is 19.4. The average molecular weight is 417 g/mol. The first-order valence-electron chi connectivity index (χ1n) is 8.22. The Morgan fingerprint density at radius 2 is 1.55 bits per heavy atom. The van der Waals surface area contributed by atoms with Crippen molar-refractivity contribution in [3.63, 3.8) is 0 Å². The number of halogens is 6. The average Bonchev–Trinajstić information content (AvgIpc) is 2.90. The second-order valence-electron chi connectivity index (χ2n) is 6.04. The second-order valence-corrected chi connectivity index (χ2v) is 6.04. The molecule has 156 valence electrons. The maximum Gasteiger partial charge on any atom is 0.416 e. The number of ether oxygens (including phenoxy) is 1. The van der Waals surface area contributed by atoms with Crippen LogP contribution in [-0.4, -0.2) is 21.4 Å². The summed E-state index contributed by atoms with van der Waals surface area (Å²) in [6.45, 7) is 0.0563. The van der Waals surface area contributed by atoms with E-state index in [4.69, 9.17) is 4.74 Å². The predicted octanol–water partition coefficient (Wildman–Crippen LogP) is 6.09. The maximum atomic E-state index is 12.7. The molecule has 2 aromatic heterocycles. The number of benzene rings is 1. The molecular weight excluding hydrogens is 400 g/mol. The Hall–Kier alpha value is -3.04. The predicted molar refractivity (Wildman–Crippen MR) is 94.5 cm³/mol. The standard InChI is InChI=1S/C18H16F3N3O.CHF3/c1-11-8-15(13-4-6-14(7-5-13)18(19,20)21)22-16(9-11)25-17-10-12(2)23-24(17)3;2-1(3)4/h4-10H,1-3H3;1H. The molecule has 0 atom stereocenters. The fourth-order valence-corrected chi connectivity index (χ4v) is 2.46. The van der Waals surface area contributed by atoms with Gasteiger partial charge >= 0.3 is 12.9 Å². The first kappa shape index (κ1) is 22.3. The van der Waals surface area contributed by atoms with Gasteiger partial charge in [-0.3, -0.25) is 0 Å². The topological polar surface area (TPSA) is 39.9 Å². The maximum absolute atomic E-state index is 12.7. The highest BCUT2D eigenvalue weighted by Crippen LogP contribution is 2.31. The Bertz CT molecular complexity index is 949. The van der Waals surface area contributed by atoms with Gasteiger partial charge in [-0.05, 0) is 37.6 Å². The number of alkyl halides is 6. The van der Waals surface area contributed by atoms with Crippen LogP contribution in [0.25, 0.3) is 11.3 Å². The molecule has 0 amide bonds. The van der Waals surface area contributed by atoms with E-state index in [1.54, 1.807) is 29.9 Å². The minimum Gasteiger partial charge on any atom is -0.421 e. The summed E-state index contributed by atoms with van der Waals surface area (Å²) >= 11 is 0. The molecule has 2 heterocycles. The van der Waals surface area contributed by atoms with E-state index < -0.39 is 18.4 Å². The highest BCUT2D eigenvalue weighted by molar-refractivity contribution is 5.61. The van der Waals surface area contributed by atoms with Gasteiger partial charge in [-0.2, -0.15) is 31.4 Å². The number of pyridine rings is 1. The van der Waals surface area contributed by atoms with Gasteiger partial charge in [0.05, 0.1) is 17.0 Å². The number of hydrogen-bond acceptors (Lipinski definition) is 3. The Labute approximate surface area is 162 Å². The molecule has 0 aliphatic carbocycles. The fourth-order valence-electron chi connectivity index (χ4n) is 2.46. The van der Waals surface area contributed by atoms with E-state index in [0.29, 0.717) is 23.0 Å². The van der Waals surface area contributed by atoms with Crippen molar-refractivity contribution < 1.29 is 31.1 Å². The zero-order chi connectivity index (χ0) is 21.8. The molecule has 0 spiro atoms. The minimum absolute atomic E-state index is 0.359. The summed E-state index contributed by atoms with van der Waals surface area (Å²) < 4.78 is 74.4. The molecule has 0 N–H and O–H groups in total. The molecule has 0 saturated heterocycles. The van der Waals surface area contributed by atoms with Crippen molar-refractivity contribution in [2.75, 3.05) is 0 Å². The van der Waals surface area contributed by atoms with Gasteiger partial charge in [-0.1, -0.05) is 12.1 Å². The number of hydrogen-bond donors (Lipinski definition) is 0. The van der Waals surface area contributed by atoms with Crippen LogP contribution < -0.4 is 4.74 Å². The van der Waals surface area contributed by atoms with Gasteiger partial charge in [-0.15, -0.1) is 0 Å². The van der Waals surface area contributed by atoms with Crippen molar-refractivity contribution in [2.45, 2.75) is 26.7 Å². The summed E-state index contributed by atoms with van der Waals surface area (Å²) in [7, 11) is 1.76. The van der Waals surface area contributed by atoms with E-state index in [9.17, 15) is 26.3 Å². The molecule has 3 aromatic rings. The van der Waals surface area contributed by atoms with Gasteiger partial charge < -0.3 is 4.74 Å². The lowest BCUT2D eigenvalue weighted by Gasteiger charge is -2.10. The third kappa shape index (κ3) is 6.51. The number of rotatable bonds is 3. The van der Waals surface area contributed by atoms with E-state index in [2.05, 4.69) is 10.1 Å². The van der Waals surface area contributed by atoms with Crippen molar-refractivity contribution in [2.24, 2.45) is 7.05 Å². The van der Waals surface area contributed by atoms with E-state index >= 15 is 0 Å². The Morgan fingerprint density at radius 3 is 2.03 bits per heavy atom. The summed E-state index contributed by atoms with van der Waals surface area (Å²) in [6, 6.07) is 10.2. The van der Waals surface area contributed by atoms with Gasteiger partial charge in [0.25, 0.3) is 0 Å². The van der Waals surface area contributed by atoms with Crippen LogP contribution in [0.5, 0.6) is 11.8 Å². The van der Waals surface area contributed by atoms with Crippen molar-refractivity contribution in [3.8, 4) is 23.0 Å². The summed E-state index contributed by atoms with van der Waals surface area (Å²) in [4.78, 5) is 4.40. The molecule has 1 aromatic carbocycles. The van der Waals surface area contributed by atoms with E-state index in [0.717, 1.165) is 23.4 Å². The van der Waals surface area contributed by atoms with Crippen LogP contribution >= 0.6 is 0 Å². The lowest BCUT2D eigenvalue weighted by molar-refractivity contribution is -0.137. The Morgan fingerprint density at radius 1 is 0.966 bits per heavy atom. The lowest BCUT2D eigenvalue weighted by atomic mass is 10.1. The lowest BCUT2D eigenvalue weighted by Crippen LogP contribution is -2.04. The molecule has 10 heteroatoms. The van der Waals surface area contributed by atoms with Crippen LogP contribution in [0.4, 0.5) is 26.3 Å². The van der Waals surface area contributed by atoms with Crippen molar-refractivity contribution >= 4 is 0 Å². The zero-order valence-electron chi connectivity index (χ0n) is 15.6. The van der Waals surface area contributed by atoms with Gasteiger partial charge in [0, 0.05) is 24.7 Å². The summed E-state index contributed by atoms with van der Waals surface area (Å²) in [5, 5.41) is 4.20. The van der Waals surface area contributed by atoms with Crippen LogP contribution in [0.2, 0.25) is 0 Å². The summed E-state index contributed by atoms with van der Waals surface area (Å²) in [5.74, 6) is 0.895. The van der Waals surface area contributed by atoms with Crippen LogP contribution in [-0.2, 0) is 13.2 Å². The molecule has 0 aliphatic rings.